The van der Waals surface area contributed by atoms with Crippen LogP contribution in [0, 0.1) is 11.3 Å². The highest BCUT2D eigenvalue weighted by Crippen LogP contribution is 2.40. The molecule has 0 heterocycles. The van der Waals surface area contributed by atoms with Crippen molar-refractivity contribution >= 4 is 0 Å². The molecule has 0 aliphatic carbocycles. The van der Waals surface area contributed by atoms with E-state index in [1.54, 1.807) is 0 Å². The zero-order valence-electron chi connectivity index (χ0n) is 14.1. The lowest BCUT2D eigenvalue weighted by Crippen LogP contribution is -2.20. The Kier molecular flexibility index (Phi) is 4.88. The summed E-state index contributed by atoms with van der Waals surface area (Å²) in [6.45, 7) is 11.7. The summed E-state index contributed by atoms with van der Waals surface area (Å²) >= 11 is 0. The molecular formula is C21H28. The van der Waals surface area contributed by atoms with Crippen molar-refractivity contribution < 1.29 is 0 Å². The van der Waals surface area contributed by atoms with E-state index in [4.69, 9.17) is 0 Å². The van der Waals surface area contributed by atoms with Crippen LogP contribution in [0.15, 0.2) is 54.6 Å². The minimum Gasteiger partial charge on any atom is -0.0628 e. The van der Waals surface area contributed by atoms with E-state index in [-0.39, 0.29) is 0 Å². The van der Waals surface area contributed by atoms with Gasteiger partial charge in [-0.25, -0.2) is 0 Å². The van der Waals surface area contributed by atoms with E-state index in [1.165, 1.54) is 23.1 Å². The largest absolute Gasteiger partial charge is 0.0628 e. The van der Waals surface area contributed by atoms with Gasteiger partial charge in [-0.05, 0) is 40.4 Å². The molecule has 112 valence electrons. The Morgan fingerprint density at radius 2 is 1.29 bits per heavy atom. The van der Waals surface area contributed by atoms with Gasteiger partial charge in [0.25, 0.3) is 0 Å². The summed E-state index contributed by atoms with van der Waals surface area (Å²) < 4.78 is 0. The topological polar surface area (TPSA) is 0 Å². The van der Waals surface area contributed by atoms with Gasteiger partial charge < -0.3 is 0 Å². The zero-order valence-corrected chi connectivity index (χ0v) is 14.1. The van der Waals surface area contributed by atoms with Crippen molar-refractivity contribution in [2.24, 2.45) is 11.3 Å². The minimum atomic E-state index is 0.304. The van der Waals surface area contributed by atoms with Crippen LogP contribution in [0.1, 0.15) is 52.5 Å². The van der Waals surface area contributed by atoms with E-state index in [2.05, 4.69) is 89.2 Å². The summed E-state index contributed by atoms with van der Waals surface area (Å²) in [7, 11) is 0. The van der Waals surface area contributed by atoms with E-state index in [0.29, 0.717) is 11.3 Å². The molecular weight excluding hydrogens is 252 g/mol. The van der Waals surface area contributed by atoms with Gasteiger partial charge in [-0.1, -0.05) is 89.2 Å². The number of hydrogen-bond acceptors (Lipinski definition) is 0. The maximum Gasteiger partial charge on any atom is -0.0111 e. The molecule has 21 heavy (non-hydrogen) atoms. The van der Waals surface area contributed by atoms with Crippen LogP contribution in [0.2, 0.25) is 0 Å². The van der Waals surface area contributed by atoms with E-state index in [0.717, 1.165) is 5.92 Å². The highest BCUT2D eigenvalue weighted by molar-refractivity contribution is 5.63. The summed E-state index contributed by atoms with van der Waals surface area (Å²) in [5.74, 6) is 1.34. The SMILES string of the molecule is CC(C)CC(c1ccc(-c2ccccc2)cc1)C(C)(C)C. The second kappa shape index (κ2) is 6.47. The average molecular weight is 280 g/mol. The molecule has 2 aromatic rings. The van der Waals surface area contributed by atoms with Crippen LogP contribution >= 0.6 is 0 Å². The third kappa shape index (κ3) is 4.20. The Morgan fingerprint density at radius 3 is 1.76 bits per heavy atom. The first-order valence-electron chi connectivity index (χ1n) is 8.03. The van der Waals surface area contributed by atoms with Crippen molar-refractivity contribution in [1.82, 2.24) is 0 Å². The molecule has 0 saturated carbocycles. The molecule has 0 aliphatic heterocycles. The van der Waals surface area contributed by atoms with Crippen LogP contribution in [0.5, 0.6) is 0 Å². The second-order valence-electron chi connectivity index (χ2n) is 7.54. The molecule has 0 spiro atoms. The standard InChI is InChI=1S/C21H28/c1-16(2)15-20(21(3,4)5)19-13-11-18(12-14-19)17-9-7-6-8-10-17/h6-14,16,20H,15H2,1-5H3. The fourth-order valence-corrected chi connectivity index (χ4v) is 3.00. The molecule has 0 aliphatic rings. The number of rotatable bonds is 4. The molecule has 0 nitrogen and oxygen atoms in total. The minimum absolute atomic E-state index is 0.304. The maximum atomic E-state index is 2.35. The van der Waals surface area contributed by atoms with E-state index < -0.39 is 0 Å². The monoisotopic (exact) mass is 280 g/mol. The first-order valence-corrected chi connectivity index (χ1v) is 8.03. The van der Waals surface area contributed by atoms with Crippen LogP contribution in [0.3, 0.4) is 0 Å². The van der Waals surface area contributed by atoms with Crippen LogP contribution in [-0.2, 0) is 0 Å². The molecule has 0 saturated heterocycles. The molecule has 0 heteroatoms. The van der Waals surface area contributed by atoms with Gasteiger partial charge in [0.05, 0.1) is 0 Å². The van der Waals surface area contributed by atoms with E-state index >= 15 is 0 Å². The fourth-order valence-electron chi connectivity index (χ4n) is 3.00. The molecule has 0 radical (unpaired) electrons. The lowest BCUT2D eigenvalue weighted by atomic mass is 9.72. The van der Waals surface area contributed by atoms with Crippen molar-refractivity contribution in [3.05, 3.63) is 60.2 Å². The molecule has 0 bridgehead atoms. The Labute approximate surface area is 130 Å². The van der Waals surface area contributed by atoms with Crippen LogP contribution < -0.4 is 0 Å². The highest BCUT2D eigenvalue weighted by atomic mass is 14.3. The lowest BCUT2D eigenvalue weighted by molar-refractivity contribution is 0.280. The van der Waals surface area contributed by atoms with Gasteiger partial charge in [0.2, 0.25) is 0 Å². The molecule has 2 rings (SSSR count). The van der Waals surface area contributed by atoms with Gasteiger partial charge in [-0.2, -0.15) is 0 Å². The van der Waals surface area contributed by atoms with Gasteiger partial charge in [0.15, 0.2) is 0 Å². The van der Waals surface area contributed by atoms with Gasteiger partial charge in [-0.3, -0.25) is 0 Å². The molecule has 2 aromatic carbocycles. The molecule has 0 amide bonds. The second-order valence-corrected chi connectivity index (χ2v) is 7.54. The molecule has 0 N–H and O–H groups in total. The van der Waals surface area contributed by atoms with Crippen LogP contribution in [0.25, 0.3) is 11.1 Å². The van der Waals surface area contributed by atoms with Gasteiger partial charge in [0.1, 0.15) is 0 Å². The number of benzene rings is 2. The highest BCUT2D eigenvalue weighted by Gasteiger charge is 2.26. The first-order chi connectivity index (χ1) is 9.88. The van der Waals surface area contributed by atoms with Crippen LogP contribution in [0.4, 0.5) is 0 Å². The Balaban J connectivity index is 2.28. The van der Waals surface area contributed by atoms with E-state index in [9.17, 15) is 0 Å². The average Bonchev–Trinajstić information content (AvgIpc) is 2.45. The van der Waals surface area contributed by atoms with Gasteiger partial charge in [-0.15, -0.1) is 0 Å². The normalized spacial score (nSPS) is 13.4. The summed E-state index contributed by atoms with van der Waals surface area (Å²) in [6, 6.07) is 19.8. The smallest absolute Gasteiger partial charge is 0.0111 e. The third-order valence-corrected chi connectivity index (χ3v) is 4.17. The number of hydrogen-bond donors (Lipinski definition) is 0. The molecule has 0 fully saturated rings. The molecule has 1 atom stereocenters. The maximum absolute atomic E-state index is 2.35. The Hall–Kier alpha value is -1.56. The van der Waals surface area contributed by atoms with E-state index in [1.807, 2.05) is 0 Å². The summed E-state index contributed by atoms with van der Waals surface area (Å²) in [6.07, 6.45) is 1.24. The van der Waals surface area contributed by atoms with Crippen molar-refractivity contribution in [3.63, 3.8) is 0 Å². The van der Waals surface area contributed by atoms with Crippen molar-refractivity contribution in [2.75, 3.05) is 0 Å². The summed E-state index contributed by atoms with van der Waals surface area (Å²) in [4.78, 5) is 0. The fraction of sp³-hybridized carbons (Fsp3) is 0.429. The van der Waals surface area contributed by atoms with Gasteiger partial charge >= 0.3 is 0 Å². The third-order valence-electron chi connectivity index (χ3n) is 4.17. The Bertz CT molecular complexity index is 541. The predicted molar refractivity (Wildman–Crippen MR) is 93.5 cm³/mol. The summed E-state index contributed by atoms with van der Waals surface area (Å²) in [5.41, 5.74) is 4.37. The lowest BCUT2D eigenvalue weighted by Gasteiger charge is -2.32. The van der Waals surface area contributed by atoms with Crippen LogP contribution in [-0.4, -0.2) is 0 Å². The van der Waals surface area contributed by atoms with Crippen molar-refractivity contribution in [1.29, 1.82) is 0 Å². The Morgan fingerprint density at radius 1 is 0.762 bits per heavy atom. The molecule has 1 unspecified atom stereocenters. The van der Waals surface area contributed by atoms with Crippen molar-refractivity contribution in [3.8, 4) is 11.1 Å². The zero-order chi connectivity index (χ0) is 15.5. The van der Waals surface area contributed by atoms with Crippen molar-refractivity contribution in [2.45, 2.75) is 47.0 Å². The predicted octanol–water partition coefficient (Wildman–Crippen LogP) is 6.53. The summed E-state index contributed by atoms with van der Waals surface area (Å²) in [5, 5.41) is 0. The first kappa shape index (κ1) is 15.8. The molecule has 0 aromatic heterocycles. The quantitative estimate of drug-likeness (QED) is 0.597. The van der Waals surface area contributed by atoms with Gasteiger partial charge in [0, 0.05) is 0 Å².